The van der Waals surface area contributed by atoms with Crippen molar-refractivity contribution in [1.82, 2.24) is 0 Å². The molecule has 0 amide bonds. The first-order valence-corrected chi connectivity index (χ1v) is 6.36. The minimum absolute atomic E-state index is 0.198. The number of halogens is 1. The molecule has 0 aliphatic carbocycles. The van der Waals surface area contributed by atoms with Crippen molar-refractivity contribution >= 4 is 27.3 Å². The van der Waals surface area contributed by atoms with E-state index < -0.39 is 0 Å². The second kappa shape index (κ2) is 5.13. The molecule has 0 saturated carbocycles. The van der Waals surface area contributed by atoms with Crippen LogP contribution in [0, 0.1) is 5.92 Å². The van der Waals surface area contributed by atoms with Gasteiger partial charge in [0.1, 0.15) is 0 Å². The fourth-order valence-electron chi connectivity index (χ4n) is 1.55. The van der Waals surface area contributed by atoms with Crippen molar-refractivity contribution in [1.29, 1.82) is 0 Å². The summed E-state index contributed by atoms with van der Waals surface area (Å²) in [6.07, 6.45) is 2.31. The maximum atomic E-state index is 6.19. The molecule has 1 rings (SSSR count). The van der Waals surface area contributed by atoms with E-state index in [1.54, 1.807) is 11.3 Å². The van der Waals surface area contributed by atoms with Gasteiger partial charge in [0.2, 0.25) is 0 Å². The summed E-state index contributed by atoms with van der Waals surface area (Å²) in [5.41, 5.74) is 6.19. The van der Waals surface area contributed by atoms with Crippen LogP contribution in [0.1, 0.15) is 37.6 Å². The Morgan fingerprint density at radius 3 is 2.46 bits per heavy atom. The molecule has 1 aromatic heterocycles. The van der Waals surface area contributed by atoms with E-state index >= 15 is 0 Å². The summed E-state index contributed by atoms with van der Waals surface area (Å²) in [4.78, 5) is 1.29. The van der Waals surface area contributed by atoms with E-state index in [0.717, 1.165) is 17.3 Å². The van der Waals surface area contributed by atoms with Gasteiger partial charge in [-0.2, -0.15) is 0 Å². The van der Waals surface area contributed by atoms with E-state index in [-0.39, 0.29) is 6.04 Å². The molecular formula is C10H16BrNS. The van der Waals surface area contributed by atoms with Gasteiger partial charge in [0.15, 0.2) is 0 Å². The molecule has 1 heterocycles. The molecule has 0 aliphatic heterocycles. The Labute approximate surface area is 92.5 Å². The van der Waals surface area contributed by atoms with Crippen LogP contribution in [-0.2, 0) is 0 Å². The van der Waals surface area contributed by atoms with Gasteiger partial charge in [-0.15, -0.1) is 11.3 Å². The van der Waals surface area contributed by atoms with E-state index in [0.29, 0.717) is 5.92 Å². The van der Waals surface area contributed by atoms with Gasteiger partial charge < -0.3 is 5.73 Å². The van der Waals surface area contributed by atoms with Gasteiger partial charge in [-0.3, -0.25) is 0 Å². The Morgan fingerprint density at radius 1 is 1.46 bits per heavy atom. The van der Waals surface area contributed by atoms with Crippen LogP contribution in [0.2, 0.25) is 0 Å². The average Bonchev–Trinajstić information content (AvgIpc) is 2.53. The smallest absolute Gasteiger partial charge is 0.0429 e. The molecule has 0 aliphatic rings. The number of hydrogen-bond donors (Lipinski definition) is 1. The third-order valence-electron chi connectivity index (χ3n) is 2.50. The van der Waals surface area contributed by atoms with Gasteiger partial charge >= 0.3 is 0 Å². The summed E-state index contributed by atoms with van der Waals surface area (Å²) >= 11 is 5.27. The van der Waals surface area contributed by atoms with E-state index in [9.17, 15) is 0 Å². The van der Waals surface area contributed by atoms with Crippen molar-refractivity contribution in [2.45, 2.75) is 32.7 Å². The molecule has 0 aromatic carbocycles. The van der Waals surface area contributed by atoms with Crippen LogP contribution in [0.3, 0.4) is 0 Å². The predicted molar refractivity (Wildman–Crippen MR) is 63.0 cm³/mol. The van der Waals surface area contributed by atoms with Gasteiger partial charge in [-0.25, -0.2) is 0 Å². The minimum Gasteiger partial charge on any atom is -0.323 e. The van der Waals surface area contributed by atoms with Crippen molar-refractivity contribution in [2.75, 3.05) is 0 Å². The van der Waals surface area contributed by atoms with E-state index in [1.165, 1.54) is 4.88 Å². The van der Waals surface area contributed by atoms with Crippen LogP contribution < -0.4 is 5.73 Å². The first-order chi connectivity index (χ1) is 6.20. The van der Waals surface area contributed by atoms with Crippen LogP contribution in [0.25, 0.3) is 0 Å². The van der Waals surface area contributed by atoms with Crippen LogP contribution in [0.4, 0.5) is 0 Å². The van der Waals surface area contributed by atoms with Crippen molar-refractivity contribution in [2.24, 2.45) is 11.7 Å². The lowest BCUT2D eigenvalue weighted by atomic mass is 9.94. The molecule has 1 unspecified atom stereocenters. The summed E-state index contributed by atoms with van der Waals surface area (Å²) in [6.45, 7) is 4.41. The van der Waals surface area contributed by atoms with E-state index in [2.05, 4.69) is 41.2 Å². The van der Waals surface area contributed by atoms with Crippen molar-refractivity contribution < 1.29 is 0 Å². The summed E-state index contributed by atoms with van der Waals surface area (Å²) in [7, 11) is 0. The normalized spacial score (nSPS) is 13.6. The molecule has 1 nitrogen and oxygen atoms in total. The summed E-state index contributed by atoms with van der Waals surface area (Å²) < 4.78 is 1.16. The zero-order valence-corrected chi connectivity index (χ0v) is 10.5. The Kier molecular flexibility index (Phi) is 4.42. The van der Waals surface area contributed by atoms with Crippen LogP contribution in [-0.4, -0.2) is 0 Å². The largest absolute Gasteiger partial charge is 0.323 e. The maximum absolute atomic E-state index is 6.19. The van der Waals surface area contributed by atoms with Crippen LogP contribution in [0.5, 0.6) is 0 Å². The molecule has 0 bridgehead atoms. The van der Waals surface area contributed by atoms with E-state index in [4.69, 9.17) is 5.73 Å². The SMILES string of the molecule is CCC(CC)C(N)c1sccc1Br. The molecule has 74 valence electrons. The molecule has 1 aromatic rings. The number of thiophene rings is 1. The highest BCUT2D eigenvalue weighted by Crippen LogP contribution is 2.33. The highest BCUT2D eigenvalue weighted by molar-refractivity contribution is 9.10. The first-order valence-electron chi connectivity index (χ1n) is 4.69. The minimum atomic E-state index is 0.198. The third-order valence-corrected chi connectivity index (χ3v) is 4.48. The second-order valence-electron chi connectivity index (χ2n) is 3.24. The molecule has 0 radical (unpaired) electrons. The summed E-state index contributed by atoms with van der Waals surface area (Å²) in [6, 6.07) is 2.27. The fraction of sp³-hybridized carbons (Fsp3) is 0.600. The first kappa shape index (κ1) is 11.2. The van der Waals surface area contributed by atoms with Gasteiger partial charge in [-0.05, 0) is 33.3 Å². The number of hydrogen-bond acceptors (Lipinski definition) is 2. The number of rotatable bonds is 4. The van der Waals surface area contributed by atoms with Crippen molar-refractivity contribution in [3.63, 3.8) is 0 Å². The highest BCUT2D eigenvalue weighted by atomic mass is 79.9. The quantitative estimate of drug-likeness (QED) is 0.873. The van der Waals surface area contributed by atoms with Gasteiger partial charge in [0, 0.05) is 15.4 Å². The lowest BCUT2D eigenvalue weighted by molar-refractivity contribution is 0.409. The molecule has 3 heteroatoms. The summed E-state index contributed by atoms with van der Waals surface area (Å²) in [5, 5.41) is 2.08. The molecular weight excluding hydrogens is 246 g/mol. The van der Waals surface area contributed by atoms with Crippen molar-refractivity contribution in [3.05, 3.63) is 20.8 Å². The monoisotopic (exact) mass is 261 g/mol. The molecule has 0 saturated heterocycles. The zero-order chi connectivity index (χ0) is 9.84. The Morgan fingerprint density at radius 2 is 2.08 bits per heavy atom. The average molecular weight is 262 g/mol. The molecule has 0 spiro atoms. The summed E-state index contributed by atoms with van der Waals surface area (Å²) in [5.74, 6) is 0.606. The molecule has 2 N–H and O–H groups in total. The lowest BCUT2D eigenvalue weighted by Gasteiger charge is -2.20. The van der Waals surface area contributed by atoms with Crippen LogP contribution >= 0.6 is 27.3 Å². The van der Waals surface area contributed by atoms with E-state index in [1.807, 2.05) is 0 Å². The predicted octanol–water partition coefficient (Wildman–Crippen LogP) is 3.95. The fourth-order valence-corrected chi connectivity index (χ4v) is 3.29. The lowest BCUT2D eigenvalue weighted by Crippen LogP contribution is -2.19. The second-order valence-corrected chi connectivity index (χ2v) is 5.04. The number of nitrogens with two attached hydrogens (primary N) is 1. The van der Waals surface area contributed by atoms with Gasteiger partial charge in [-0.1, -0.05) is 26.7 Å². The molecule has 1 atom stereocenters. The van der Waals surface area contributed by atoms with Gasteiger partial charge in [0.25, 0.3) is 0 Å². The van der Waals surface area contributed by atoms with Crippen LogP contribution in [0.15, 0.2) is 15.9 Å². The molecule has 0 fully saturated rings. The Balaban J connectivity index is 2.77. The maximum Gasteiger partial charge on any atom is 0.0429 e. The van der Waals surface area contributed by atoms with Gasteiger partial charge in [0.05, 0.1) is 0 Å². The topological polar surface area (TPSA) is 26.0 Å². The highest BCUT2D eigenvalue weighted by Gasteiger charge is 2.18. The van der Waals surface area contributed by atoms with Crippen molar-refractivity contribution in [3.8, 4) is 0 Å². The standard InChI is InChI=1S/C10H16BrNS/c1-3-7(4-2)9(12)10-8(11)5-6-13-10/h5-7,9H,3-4,12H2,1-2H3. The molecule has 13 heavy (non-hydrogen) atoms. The Hall–Kier alpha value is 0.140. The Bertz CT molecular complexity index is 255. The third kappa shape index (κ3) is 2.55. The zero-order valence-electron chi connectivity index (χ0n) is 8.09.